The molecule has 0 saturated carbocycles. The average molecular weight is 293 g/mol. The van der Waals surface area contributed by atoms with E-state index in [-0.39, 0.29) is 40.0 Å². The number of nitrogens with zero attached hydrogens (tertiary/aromatic N) is 1. The number of halogens is 1. The van der Waals surface area contributed by atoms with Crippen molar-refractivity contribution in [1.82, 2.24) is 4.90 Å². The Labute approximate surface area is 126 Å². The molecule has 1 heterocycles. The molecule has 1 aliphatic rings. The van der Waals surface area contributed by atoms with Gasteiger partial charge in [-0.15, -0.1) is 5.56 Å². The molecule has 84 valence electrons. The van der Waals surface area contributed by atoms with Crippen LogP contribution in [0.15, 0.2) is 24.3 Å². The minimum absolute atomic E-state index is 0. The van der Waals surface area contributed by atoms with E-state index in [2.05, 4.69) is 30.0 Å². The van der Waals surface area contributed by atoms with Crippen LogP contribution in [0.2, 0.25) is 0 Å². The van der Waals surface area contributed by atoms with Crippen molar-refractivity contribution >= 4 is 23.1 Å². The second-order valence-corrected chi connectivity index (χ2v) is 4.20. The molecule has 1 aromatic carbocycles. The summed E-state index contributed by atoms with van der Waals surface area (Å²) in [6.45, 7) is 4.66. The van der Waals surface area contributed by atoms with Gasteiger partial charge >= 0.3 is 23.1 Å². The third kappa shape index (κ3) is 4.74. The minimum atomic E-state index is 0. The van der Waals surface area contributed by atoms with Crippen LogP contribution in [0.3, 0.4) is 0 Å². The van der Waals surface area contributed by atoms with Crippen LogP contribution < -0.4 is 17.0 Å². The van der Waals surface area contributed by atoms with Gasteiger partial charge in [-0.2, -0.15) is 30.3 Å². The van der Waals surface area contributed by atoms with Crippen LogP contribution in [0.1, 0.15) is 31.7 Å². The maximum Gasteiger partial charge on any atom is 2.00 e. The Hall–Kier alpha value is 0.426. The van der Waals surface area contributed by atoms with Gasteiger partial charge in [0.05, 0.1) is 0 Å². The molecule has 1 aliphatic heterocycles. The van der Waals surface area contributed by atoms with Crippen LogP contribution >= 0.6 is 0 Å². The predicted octanol–water partition coefficient (Wildman–Crippen LogP) is -0.516. The zero-order valence-electron chi connectivity index (χ0n) is 9.95. The number of hydrogen-bond acceptors (Lipinski definition) is 1. The zero-order chi connectivity index (χ0) is 9.80. The van der Waals surface area contributed by atoms with Gasteiger partial charge < -0.3 is 17.0 Å². The van der Waals surface area contributed by atoms with Crippen LogP contribution in [-0.2, 0) is 6.54 Å². The Balaban J connectivity index is 0.00000112. The first-order valence-electron chi connectivity index (χ1n) is 5.56. The molecule has 0 radical (unpaired) electrons. The minimum Gasteiger partial charge on any atom is -1.00 e. The number of piperidine rings is 1. The molecule has 0 aliphatic carbocycles. The largest absolute Gasteiger partial charge is 2.00 e. The molecule has 1 fully saturated rings. The molecule has 0 amide bonds. The maximum atomic E-state index is 3.29. The Morgan fingerprint density at radius 2 is 2.19 bits per heavy atom. The van der Waals surface area contributed by atoms with E-state index in [1.165, 1.54) is 31.4 Å². The van der Waals surface area contributed by atoms with Gasteiger partial charge in [-0.05, 0) is 26.3 Å². The summed E-state index contributed by atoms with van der Waals surface area (Å²) < 4.78 is 0. The molecule has 0 bridgehead atoms. The molecule has 1 atom stereocenters. The van der Waals surface area contributed by atoms with Crippen LogP contribution in [0, 0.1) is 6.07 Å². The van der Waals surface area contributed by atoms with Crippen molar-refractivity contribution in [2.75, 3.05) is 6.54 Å². The fourth-order valence-electron chi connectivity index (χ4n) is 2.14. The van der Waals surface area contributed by atoms with Crippen molar-refractivity contribution in [3.8, 4) is 0 Å². The number of rotatable bonds is 2. The van der Waals surface area contributed by atoms with Gasteiger partial charge in [-0.25, -0.2) is 0 Å². The first kappa shape index (κ1) is 16.4. The molecule has 0 spiro atoms. The Morgan fingerprint density at radius 1 is 1.38 bits per heavy atom. The quantitative estimate of drug-likeness (QED) is 0.524. The molecule has 0 N–H and O–H groups in total. The summed E-state index contributed by atoms with van der Waals surface area (Å²) >= 11 is 0. The first-order chi connectivity index (χ1) is 6.86. The summed E-state index contributed by atoms with van der Waals surface area (Å²) in [7, 11) is 0. The molecule has 1 nitrogen and oxygen atoms in total. The van der Waals surface area contributed by atoms with E-state index in [0.717, 1.165) is 12.6 Å². The summed E-state index contributed by atoms with van der Waals surface area (Å²) in [4.78, 5) is 2.56. The van der Waals surface area contributed by atoms with Gasteiger partial charge in [0.2, 0.25) is 0 Å². The first-order valence-corrected chi connectivity index (χ1v) is 5.56. The van der Waals surface area contributed by atoms with Gasteiger partial charge in [0.15, 0.2) is 0 Å². The monoisotopic (exact) mass is 291 g/mol. The summed E-state index contributed by atoms with van der Waals surface area (Å²) in [6, 6.07) is 12.3. The van der Waals surface area contributed by atoms with Gasteiger partial charge in [0.1, 0.15) is 0 Å². The van der Waals surface area contributed by atoms with Crippen molar-refractivity contribution in [3.05, 3.63) is 35.9 Å². The van der Waals surface area contributed by atoms with Crippen molar-refractivity contribution in [2.45, 2.75) is 38.8 Å². The van der Waals surface area contributed by atoms with Gasteiger partial charge in [0, 0.05) is 12.6 Å². The third-order valence-electron chi connectivity index (χ3n) is 3.09. The molecular formula is C13H18BrMgN. The summed E-state index contributed by atoms with van der Waals surface area (Å²) in [5.41, 5.74) is 1.32. The van der Waals surface area contributed by atoms with Crippen molar-refractivity contribution < 1.29 is 17.0 Å². The summed E-state index contributed by atoms with van der Waals surface area (Å²) in [6.07, 6.45) is 4.11. The van der Waals surface area contributed by atoms with Crippen LogP contribution in [0.4, 0.5) is 0 Å². The van der Waals surface area contributed by atoms with Crippen LogP contribution in [-0.4, -0.2) is 40.5 Å². The molecule has 16 heavy (non-hydrogen) atoms. The molecule has 1 aromatic rings. The average Bonchev–Trinajstić information content (AvgIpc) is 2.23. The van der Waals surface area contributed by atoms with E-state index in [1.807, 2.05) is 12.1 Å². The number of likely N-dealkylation sites (tertiary alicyclic amines) is 1. The predicted molar refractivity (Wildman–Crippen MR) is 64.8 cm³/mol. The molecule has 1 unspecified atom stereocenters. The van der Waals surface area contributed by atoms with Crippen LogP contribution in [0.25, 0.3) is 0 Å². The smallest absolute Gasteiger partial charge is 1.00 e. The molecule has 1 saturated heterocycles. The maximum absolute atomic E-state index is 3.29. The standard InChI is InChI=1S/C13H18N.BrH.Mg/c1-12-7-5-6-10-14(12)11-13-8-3-2-4-9-13;;/h2-4,8,12H,5-7,10-11H2,1H3;1H;/q-1;;+2/p-1. The van der Waals surface area contributed by atoms with Gasteiger partial charge in [-0.3, -0.25) is 4.90 Å². The van der Waals surface area contributed by atoms with Crippen molar-refractivity contribution in [2.24, 2.45) is 0 Å². The topological polar surface area (TPSA) is 3.24 Å². The van der Waals surface area contributed by atoms with Crippen molar-refractivity contribution in [1.29, 1.82) is 0 Å². The second-order valence-electron chi connectivity index (χ2n) is 4.20. The molecule has 3 heteroatoms. The summed E-state index contributed by atoms with van der Waals surface area (Å²) in [5, 5.41) is 0. The van der Waals surface area contributed by atoms with Gasteiger partial charge in [-0.1, -0.05) is 6.42 Å². The normalized spacial score (nSPS) is 20.7. The Morgan fingerprint density at radius 3 is 2.81 bits per heavy atom. The van der Waals surface area contributed by atoms with E-state index in [9.17, 15) is 0 Å². The van der Waals surface area contributed by atoms with E-state index in [0.29, 0.717) is 0 Å². The SMILES string of the molecule is CC1CCCCN1Cc1[c-]cccc1.[Br-].[Mg+2]. The number of hydrogen-bond donors (Lipinski definition) is 0. The van der Waals surface area contributed by atoms with E-state index >= 15 is 0 Å². The molecule has 2 rings (SSSR count). The van der Waals surface area contributed by atoms with E-state index < -0.39 is 0 Å². The van der Waals surface area contributed by atoms with E-state index in [1.54, 1.807) is 0 Å². The fourth-order valence-corrected chi connectivity index (χ4v) is 2.14. The fraction of sp³-hybridized carbons (Fsp3) is 0.538. The molecule has 0 aromatic heterocycles. The van der Waals surface area contributed by atoms with E-state index in [4.69, 9.17) is 0 Å². The van der Waals surface area contributed by atoms with Crippen LogP contribution in [0.5, 0.6) is 0 Å². The second kappa shape index (κ2) is 8.51. The molecular weight excluding hydrogens is 274 g/mol. The zero-order valence-corrected chi connectivity index (χ0v) is 13.0. The Kier molecular flexibility index (Phi) is 8.73. The Bertz CT molecular complexity index is 279. The number of benzene rings is 1. The van der Waals surface area contributed by atoms with Crippen molar-refractivity contribution in [3.63, 3.8) is 0 Å². The van der Waals surface area contributed by atoms with Gasteiger partial charge in [0.25, 0.3) is 0 Å². The third-order valence-corrected chi connectivity index (χ3v) is 3.09. The summed E-state index contributed by atoms with van der Waals surface area (Å²) in [5.74, 6) is 0.